The van der Waals surface area contributed by atoms with Gasteiger partial charge in [-0.05, 0) is 35.7 Å². The van der Waals surface area contributed by atoms with Gasteiger partial charge in [0.1, 0.15) is 5.75 Å². The predicted octanol–water partition coefficient (Wildman–Crippen LogP) is 4.41. The first-order chi connectivity index (χ1) is 13.7. The summed E-state index contributed by atoms with van der Waals surface area (Å²) in [6.07, 6.45) is 0. The minimum atomic E-state index is -0.152. The molecule has 1 amide bonds. The molecule has 1 heterocycles. The van der Waals surface area contributed by atoms with Gasteiger partial charge in [-0.15, -0.1) is 11.3 Å². The third-order valence-corrected chi connectivity index (χ3v) is 5.98. The van der Waals surface area contributed by atoms with Gasteiger partial charge in [0, 0.05) is 34.1 Å². The molecule has 0 bridgehead atoms. The number of thiophene rings is 1. The molecule has 4 nitrogen and oxygen atoms in total. The van der Waals surface area contributed by atoms with Gasteiger partial charge < -0.3 is 10.1 Å². The molecule has 28 heavy (non-hydrogen) atoms. The lowest BCUT2D eigenvalue weighted by molar-refractivity contribution is -0.122. The largest absolute Gasteiger partial charge is 0.484 e. The highest BCUT2D eigenvalue weighted by Gasteiger charge is 2.09. The fourth-order valence-corrected chi connectivity index (χ4v) is 4.19. The normalized spacial score (nSPS) is 10.4. The number of amides is 1. The van der Waals surface area contributed by atoms with Crippen molar-refractivity contribution in [2.24, 2.45) is 0 Å². The Hall–Kier alpha value is -2.57. The number of ketones is 1. The van der Waals surface area contributed by atoms with Gasteiger partial charge in [0.05, 0.1) is 0 Å². The molecule has 0 atom stereocenters. The van der Waals surface area contributed by atoms with Crippen molar-refractivity contribution in [2.75, 3.05) is 18.9 Å². The molecule has 0 aliphatic carbocycles. The van der Waals surface area contributed by atoms with Gasteiger partial charge >= 0.3 is 0 Å². The number of rotatable bonds is 10. The van der Waals surface area contributed by atoms with Crippen molar-refractivity contribution in [1.29, 1.82) is 0 Å². The minimum absolute atomic E-state index is 0.0371. The van der Waals surface area contributed by atoms with E-state index in [0.29, 0.717) is 23.4 Å². The molecule has 0 spiro atoms. The molecule has 0 saturated heterocycles. The monoisotopic (exact) mass is 411 g/mol. The molecule has 0 saturated carbocycles. The molecule has 2 aromatic carbocycles. The van der Waals surface area contributed by atoms with Crippen molar-refractivity contribution < 1.29 is 14.3 Å². The molecule has 0 fully saturated rings. The Kier molecular flexibility index (Phi) is 7.70. The van der Waals surface area contributed by atoms with Crippen LogP contribution in [-0.2, 0) is 10.5 Å². The molecular weight excluding hydrogens is 390 g/mol. The van der Waals surface area contributed by atoms with E-state index >= 15 is 0 Å². The van der Waals surface area contributed by atoms with Crippen LogP contribution in [0.4, 0.5) is 0 Å². The average Bonchev–Trinajstić information content (AvgIpc) is 3.26. The minimum Gasteiger partial charge on any atom is -0.484 e. The zero-order chi connectivity index (χ0) is 19.6. The van der Waals surface area contributed by atoms with Crippen LogP contribution in [0.3, 0.4) is 0 Å². The second kappa shape index (κ2) is 10.7. The fourth-order valence-electron chi connectivity index (χ4n) is 2.49. The quantitative estimate of drug-likeness (QED) is 0.397. The van der Waals surface area contributed by atoms with E-state index < -0.39 is 0 Å². The van der Waals surface area contributed by atoms with Crippen LogP contribution in [0.15, 0.2) is 72.1 Å². The molecule has 0 aliphatic rings. The number of hydrogen-bond acceptors (Lipinski definition) is 5. The van der Waals surface area contributed by atoms with E-state index in [2.05, 4.69) is 16.8 Å². The van der Waals surface area contributed by atoms with Crippen molar-refractivity contribution in [3.05, 3.63) is 88.1 Å². The highest BCUT2D eigenvalue weighted by atomic mass is 32.2. The van der Waals surface area contributed by atoms with E-state index in [9.17, 15) is 9.59 Å². The number of nitrogens with one attached hydrogen (secondary N) is 1. The van der Waals surface area contributed by atoms with Gasteiger partial charge in [-0.25, -0.2) is 0 Å². The summed E-state index contributed by atoms with van der Waals surface area (Å²) in [5.41, 5.74) is 1.23. The summed E-state index contributed by atoms with van der Waals surface area (Å²) in [5, 5.41) is 4.92. The van der Waals surface area contributed by atoms with Crippen LogP contribution in [0.25, 0.3) is 0 Å². The number of ether oxygens (including phenoxy) is 1. The lowest BCUT2D eigenvalue weighted by atomic mass is 10.0. The Morgan fingerprint density at radius 1 is 0.929 bits per heavy atom. The van der Waals surface area contributed by atoms with Crippen molar-refractivity contribution in [1.82, 2.24) is 5.32 Å². The molecule has 0 radical (unpaired) electrons. The summed E-state index contributed by atoms with van der Waals surface area (Å²) in [6, 6.07) is 20.1. The molecule has 3 rings (SSSR count). The highest BCUT2D eigenvalue weighted by Crippen LogP contribution is 2.17. The van der Waals surface area contributed by atoms with Crippen molar-refractivity contribution in [3.8, 4) is 5.75 Å². The fraction of sp³-hybridized carbons (Fsp3) is 0.182. The van der Waals surface area contributed by atoms with E-state index in [0.717, 1.165) is 11.5 Å². The first kappa shape index (κ1) is 20.2. The predicted molar refractivity (Wildman–Crippen MR) is 115 cm³/mol. The highest BCUT2D eigenvalue weighted by molar-refractivity contribution is 7.98. The van der Waals surface area contributed by atoms with E-state index in [1.54, 1.807) is 59.5 Å². The topological polar surface area (TPSA) is 55.4 Å². The molecule has 144 valence electrons. The maximum Gasteiger partial charge on any atom is 0.257 e. The van der Waals surface area contributed by atoms with Crippen LogP contribution < -0.4 is 10.1 Å². The van der Waals surface area contributed by atoms with Crippen LogP contribution in [0.5, 0.6) is 5.75 Å². The first-order valence-corrected chi connectivity index (χ1v) is 11.0. The summed E-state index contributed by atoms with van der Waals surface area (Å²) in [4.78, 5) is 25.6. The Labute approximate surface area is 172 Å². The number of benzene rings is 2. The Morgan fingerprint density at radius 2 is 1.68 bits per heavy atom. The SMILES string of the molecule is O=C(COc1ccc(C(=O)c2ccccc2)cc1)NCCSCc1cccs1. The average molecular weight is 412 g/mol. The summed E-state index contributed by atoms with van der Waals surface area (Å²) in [6.45, 7) is 0.574. The van der Waals surface area contributed by atoms with E-state index in [1.165, 1.54) is 4.88 Å². The Balaban J connectivity index is 1.36. The summed E-state index contributed by atoms with van der Waals surface area (Å²) >= 11 is 3.54. The molecule has 1 aromatic heterocycles. The lowest BCUT2D eigenvalue weighted by Crippen LogP contribution is -2.30. The van der Waals surface area contributed by atoms with Gasteiger partial charge in [-0.3, -0.25) is 9.59 Å². The van der Waals surface area contributed by atoms with Gasteiger partial charge in [0.2, 0.25) is 0 Å². The molecular formula is C22H21NO3S2. The maximum absolute atomic E-state index is 12.4. The van der Waals surface area contributed by atoms with Gasteiger partial charge in [-0.2, -0.15) is 11.8 Å². The summed E-state index contributed by atoms with van der Waals surface area (Å²) in [7, 11) is 0. The van der Waals surface area contributed by atoms with Crippen molar-refractivity contribution in [2.45, 2.75) is 5.75 Å². The summed E-state index contributed by atoms with van der Waals surface area (Å²) in [5.74, 6) is 2.20. The number of carbonyl (C=O) groups is 2. The van der Waals surface area contributed by atoms with Crippen LogP contribution in [-0.4, -0.2) is 30.6 Å². The number of carbonyl (C=O) groups excluding carboxylic acids is 2. The molecule has 0 aliphatic heterocycles. The second-order valence-corrected chi connectivity index (χ2v) is 8.13. The van der Waals surface area contributed by atoms with Crippen LogP contribution in [0.1, 0.15) is 20.8 Å². The van der Waals surface area contributed by atoms with E-state index in [1.807, 2.05) is 24.3 Å². The van der Waals surface area contributed by atoms with Gasteiger partial charge in [0.25, 0.3) is 5.91 Å². The van der Waals surface area contributed by atoms with Crippen LogP contribution in [0, 0.1) is 0 Å². The zero-order valence-electron chi connectivity index (χ0n) is 15.3. The smallest absolute Gasteiger partial charge is 0.257 e. The van der Waals surface area contributed by atoms with Crippen LogP contribution >= 0.6 is 23.1 Å². The lowest BCUT2D eigenvalue weighted by Gasteiger charge is -2.08. The zero-order valence-corrected chi connectivity index (χ0v) is 16.9. The molecule has 6 heteroatoms. The Morgan fingerprint density at radius 3 is 2.39 bits per heavy atom. The maximum atomic E-state index is 12.4. The van der Waals surface area contributed by atoms with E-state index in [4.69, 9.17) is 4.74 Å². The summed E-state index contributed by atoms with van der Waals surface area (Å²) < 4.78 is 5.50. The Bertz CT molecular complexity index is 878. The third kappa shape index (κ3) is 6.25. The second-order valence-electron chi connectivity index (χ2n) is 5.99. The van der Waals surface area contributed by atoms with Crippen molar-refractivity contribution >= 4 is 34.8 Å². The molecule has 0 unspecified atom stereocenters. The van der Waals surface area contributed by atoms with E-state index in [-0.39, 0.29) is 18.3 Å². The third-order valence-electron chi connectivity index (χ3n) is 3.92. The van der Waals surface area contributed by atoms with Gasteiger partial charge in [-0.1, -0.05) is 36.4 Å². The van der Waals surface area contributed by atoms with Crippen molar-refractivity contribution in [3.63, 3.8) is 0 Å². The number of hydrogen-bond donors (Lipinski definition) is 1. The first-order valence-electron chi connectivity index (χ1n) is 8.92. The van der Waals surface area contributed by atoms with Crippen LogP contribution in [0.2, 0.25) is 0 Å². The number of thioether (sulfide) groups is 1. The molecule has 3 aromatic rings. The standard InChI is InChI=1S/C22H21NO3S2/c24-21(23-12-14-27-16-20-7-4-13-28-20)15-26-19-10-8-18(9-11-19)22(25)17-5-2-1-3-6-17/h1-11,13H,12,14-16H2,(H,23,24). The van der Waals surface area contributed by atoms with Gasteiger partial charge in [0.15, 0.2) is 12.4 Å². The molecule has 1 N–H and O–H groups in total.